The van der Waals surface area contributed by atoms with Gasteiger partial charge in [-0.15, -0.1) is 0 Å². The van der Waals surface area contributed by atoms with Crippen LogP contribution in [0, 0.1) is 10.1 Å². The number of nitrogens with zero attached hydrogens (tertiary/aromatic N) is 1. The van der Waals surface area contributed by atoms with Gasteiger partial charge in [-0.2, -0.15) is 0 Å². The molecule has 0 unspecified atom stereocenters. The van der Waals surface area contributed by atoms with Crippen LogP contribution in [-0.4, -0.2) is 4.92 Å². The van der Waals surface area contributed by atoms with Gasteiger partial charge in [0.05, 0.1) is 4.92 Å². The SMILES string of the molecule is O=[N+]([O-])c1cc(Br)ccc1CNc1cc(Cl)cc(Cl)c1. The van der Waals surface area contributed by atoms with Crippen molar-refractivity contribution in [1.82, 2.24) is 0 Å². The summed E-state index contributed by atoms with van der Waals surface area (Å²) in [5, 5.41) is 15.1. The molecule has 0 bridgehead atoms. The van der Waals surface area contributed by atoms with Crippen molar-refractivity contribution >= 4 is 50.5 Å². The summed E-state index contributed by atoms with van der Waals surface area (Å²) in [4.78, 5) is 10.6. The van der Waals surface area contributed by atoms with Crippen molar-refractivity contribution in [1.29, 1.82) is 0 Å². The largest absolute Gasteiger partial charge is 0.381 e. The summed E-state index contributed by atoms with van der Waals surface area (Å²) >= 11 is 15.0. The smallest absolute Gasteiger partial charge is 0.275 e. The van der Waals surface area contributed by atoms with Crippen LogP contribution < -0.4 is 5.32 Å². The van der Waals surface area contributed by atoms with Gasteiger partial charge in [-0.3, -0.25) is 10.1 Å². The maximum Gasteiger partial charge on any atom is 0.275 e. The average Bonchev–Trinajstić information content (AvgIpc) is 2.36. The second-order valence-corrected chi connectivity index (χ2v) is 5.83. The third-order valence-electron chi connectivity index (χ3n) is 2.59. The molecule has 0 fully saturated rings. The zero-order valence-electron chi connectivity index (χ0n) is 10.1. The topological polar surface area (TPSA) is 55.2 Å². The van der Waals surface area contributed by atoms with E-state index in [4.69, 9.17) is 23.2 Å². The fourth-order valence-corrected chi connectivity index (χ4v) is 2.58. The van der Waals surface area contributed by atoms with Crippen molar-refractivity contribution in [3.05, 3.63) is 66.6 Å². The van der Waals surface area contributed by atoms with Crippen molar-refractivity contribution in [2.24, 2.45) is 0 Å². The number of nitrogens with one attached hydrogen (secondary N) is 1. The lowest BCUT2D eigenvalue weighted by atomic mass is 10.2. The molecule has 0 atom stereocenters. The lowest BCUT2D eigenvalue weighted by molar-refractivity contribution is -0.385. The van der Waals surface area contributed by atoms with E-state index in [0.29, 0.717) is 32.3 Å². The van der Waals surface area contributed by atoms with Crippen molar-refractivity contribution in [3.8, 4) is 0 Å². The molecule has 0 spiro atoms. The minimum atomic E-state index is -0.410. The summed E-state index contributed by atoms with van der Waals surface area (Å²) in [5.74, 6) is 0. The molecule has 0 aliphatic heterocycles. The van der Waals surface area contributed by atoms with E-state index in [1.54, 1.807) is 30.3 Å². The number of nitro benzene ring substituents is 1. The van der Waals surface area contributed by atoms with Crippen LogP contribution in [0.5, 0.6) is 0 Å². The monoisotopic (exact) mass is 374 g/mol. The highest BCUT2D eigenvalue weighted by atomic mass is 79.9. The Labute approximate surface area is 134 Å². The molecular weight excluding hydrogens is 367 g/mol. The molecule has 4 nitrogen and oxygen atoms in total. The Morgan fingerprint density at radius 2 is 1.80 bits per heavy atom. The highest BCUT2D eigenvalue weighted by Crippen LogP contribution is 2.26. The van der Waals surface area contributed by atoms with E-state index in [9.17, 15) is 10.1 Å². The van der Waals surface area contributed by atoms with Crippen LogP contribution in [-0.2, 0) is 6.54 Å². The summed E-state index contributed by atoms with van der Waals surface area (Å²) in [6.45, 7) is 0.306. The summed E-state index contributed by atoms with van der Waals surface area (Å²) in [6, 6.07) is 9.96. The van der Waals surface area contributed by atoms with E-state index in [-0.39, 0.29) is 5.69 Å². The molecule has 104 valence electrons. The summed E-state index contributed by atoms with van der Waals surface area (Å²) < 4.78 is 0.666. The number of benzene rings is 2. The van der Waals surface area contributed by atoms with Crippen LogP contribution in [0.4, 0.5) is 11.4 Å². The van der Waals surface area contributed by atoms with E-state index >= 15 is 0 Å². The molecular formula is C13H9BrCl2N2O2. The number of anilines is 1. The number of halogens is 3. The molecule has 0 aromatic heterocycles. The second kappa shape index (κ2) is 6.43. The first kappa shape index (κ1) is 15.1. The molecule has 20 heavy (non-hydrogen) atoms. The number of rotatable bonds is 4. The van der Waals surface area contributed by atoms with Crippen LogP contribution in [0.25, 0.3) is 0 Å². The first-order chi connectivity index (χ1) is 9.45. The predicted octanol–water partition coefficient (Wildman–Crippen LogP) is 5.28. The normalized spacial score (nSPS) is 10.3. The lowest BCUT2D eigenvalue weighted by Crippen LogP contribution is -2.03. The van der Waals surface area contributed by atoms with Gasteiger partial charge in [-0.25, -0.2) is 0 Å². The lowest BCUT2D eigenvalue weighted by Gasteiger charge is -2.08. The highest BCUT2D eigenvalue weighted by molar-refractivity contribution is 9.10. The average molecular weight is 376 g/mol. The quantitative estimate of drug-likeness (QED) is 0.584. The number of hydrogen-bond acceptors (Lipinski definition) is 3. The molecule has 1 N–H and O–H groups in total. The van der Waals surface area contributed by atoms with E-state index in [0.717, 1.165) is 0 Å². The Morgan fingerprint density at radius 3 is 2.40 bits per heavy atom. The van der Waals surface area contributed by atoms with Crippen molar-refractivity contribution in [2.45, 2.75) is 6.54 Å². The Morgan fingerprint density at radius 1 is 1.15 bits per heavy atom. The fraction of sp³-hybridized carbons (Fsp3) is 0.0769. The third kappa shape index (κ3) is 3.85. The Bertz CT molecular complexity index is 645. The summed E-state index contributed by atoms with van der Waals surface area (Å²) in [5.41, 5.74) is 1.34. The third-order valence-corrected chi connectivity index (χ3v) is 3.52. The van der Waals surface area contributed by atoms with Gasteiger partial charge in [0, 0.05) is 38.4 Å². The maximum absolute atomic E-state index is 11.0. The van der Waals surface area contributed by atoms with Gasteiger partial charge in [0.25, 0.3) is 5.69 Å². The molecule has 2 aromatic rings. The molecule has 0 aliphatic carbocycles. The van der Waals surface area contributed by atoms with E-state index in [1.165, 1.54) is 6.07 Å². The standard InChI is InChI=1S/C13H9BrCl2N2O2/c14-9-2-1-8(13(3-9)18(19)20)7-17-12-5-10(15)4-11(16)6-12/h1-6,17H,7H2. The zero-order valence-corrected chi connectivity index (χ0v) is 13.2. The summed E-state index contributed by atoms with van der Waals surface area (Å²) in [6.07, 6.45) is 0. The minimum Gasteiger partial charge on any atom is -0.381 e. The van der Waals surface area contributed by atoms with Crippen LogP contribution >= 0.6 is 39.1 Å². The summed E-state index contributed by atoms with van der Waals surface area (Å²) in [7, 11) is 0. The molecule has 2 rings (SSSR count). The molecule has 7 heteroatoms. The van der Waals surface area contributed by atoms with E-state index < -0.39 is 4.92 Å². The van der Waals surface area contributed by atoms with Gasteiger partial charge in [0.1, 0.15) is 0 Å². The van der Waals surface area contributed by atoms with Crippen molar-refractivity contribution in [2.75, 3.05) is 5.32 Å². The van der Waals surface area contributed by atoms with Crippen LogP contribution in [0.1, 0.15) is 5.56 Å². The van der Waals surface area contributed by atoms with Gasteiger partial charge in [-0.05, 0) is 30.3 Å². The number of hydrogen-bond donors (Lipinski definition) is 1. The molecule has 0 aliphatic rings. The van der Waals surface area contributed by atoms with Gasteiger partial charge in [-0.1, -0.05) is 39.1 Å². The van der Waals surface area contributed by atoms with Crippen molar-refractivity contribution in [3.63, 3.8) is 0 Å². The second-order valence-electron chi connectivity index (χ2n) is 4.04. The van der Waals surface area contributed by atoms with Crippen LogP contribution in [0.15, 0.2) is 40.9 Å². The van der Waals surface area contributed by atoms with E-state index in [2.05, 4.69) is 21.2 Å². The molecule has 0 heterocycles. The van der Waals surface area contributed by atoms with Gasteiger partial charge >= 0.3 is 0 Å². The molecule has 2 aromatic carbocycles. The molecule has 0 radical (unpaired) electrons. The first-order valence-electron chi connectivity index (χ1n) is 5.58. The Balaban J connectivity index is 2.20. The molecule has 0 saturated carbocycles. The Hall–Kier alpha value is -1.30. The van der Waals surface area contributed by atoms with Gasteiger partial charge in [0.2, 0.25) is 0 Å². The highest BCUT2D eigenvalue weighted by Gasteiger charge is 2.13. The maximum atomic E-state index is 11.0. The zero-order chi connectivity index (χ0) is 14.7. The Kier molecular flexibility index (Phi) is 4.86. The van der Waals surface area contributed by atoms with E-state index in [1.807, 2.05) is 0 Å². The first-order valence-corrected chi connectivity index (χ1v) is 7.13. The van der Waals surface area contributed by atoms with Crippen LogP contribution in [0.2, 0.25) is 10.0 Å². The van der Waals surface area contributed by atoms with Crippen molar-refractivity contribution < 1.29 is 4.92 Å². The number of nitro groups is 1. The molecule has 0 amide bonds. The minimum absolute atomic E-state index is 0.0556. The predicted molar refractivity (Wildman–Crippen MR) is 84.6 cm³/mol. The molecule has 0 saturated heterocycles. The fourth-order valence-electron chi connectivity index (χ4n) is 1.71. The van der Waals surface area contributed by atoms with Gasteiger partial charge < -0.3 is 5.32 Å². The van der Waals surface area contributed by atoms with Gasteiger partial charge in [0.15, 0.2) is 0 Å². The van der Waals surface area contributed by atoms with Crippen LogP contribution in [0.3, 0.4) is 0 Å².